The number of rotatable bonds is 3. The lowest BCUT2D eigenvalue weighted by Gasteiger charge is -2.25. The van der Waals surface area contributed by atoms with Crippen LogP contribution in [-0.2, 0) is 34.3 Å². The number of nitrogens with one attached hydrogen (secondary N) is 1. The highest BCUT2D eigenvalue weighted by molar-refractivity contribution is 7.90. The molecule has 1 atom stereocenters. The van der Waals surface area contributed by atoms with Gasteiger partial charge in [-0.1, -0.05) is 12.1 Å². The number of hydrogen-bond donors (Lipinski definition) is 1. The Morgan fingerprint density at radius 1 is 1.17 bits per heavy atom. The average Bonchev–Trinajstić information content (AvgIpc) is 3.42. The van der Waals surface area contributed by atoms with E-state index in [9.17, 15) is 13.2 Å². The summed E-state index contributed by atoms with van der Waals surface area (Å²) >= 11 is 0. The summed E-state index contributed by atoms with van der Waals surface area (Å²) in [5.41, 5.74) is 1.44. The minimum absolute atomic E-state index is 0.113. The molecule has 4 heterocycles. The van der Waals surface area contributed by atoms with Gasteiger partial charge in [0.15, 0.2) is 5.84 Å². The van der Waals surface area contributed by atoms with Crippen molar-refractivity contribution in [1.29, 1.82) is 0 Å². The van der Waals surface area contributed by atoms with Gasteiger partial charge in [-0.3, -0.25) is 4.79 Å². The molecule has 1 fully saturated rings. The van der Waals surface area contributed by atoms with E-state index in [4.69, 9.17) is 0 Å². The lowest BCUT2D eigenvalue weighted by molar-refractivity contribution is -0.124. The fourth-order valence-corrected chi connectivity index (χ4v) is 5.66. The molecular weight excluding hydrogens is 390 g/mol. The van der Waals surface area contributed by atoms with E-state index in [1.54, 1.807) is 24.3 Å². The zero-order chi connectivity index (χ0) is 20.0. The third kappa shape index (κ3) is 3.23. The minimum Gasteiger partial charge on any atom is -0.349 e. The molecule has 3 aliphatic heterocycles. The first-order chi connectivity index (χ1) is 14.0. The Morgan fingerprint density at radius 2 is 2.03 bits per heavy atom. The second kappa shape index (κ2) is 6.98. The van der Waals surface area contributed by atoms with Gasteiger partial charge in [-0.25, -0.2) is 4.98 Å². The smallest absolute Gasteiger partial charge is 0.285 e. The van der Waals surface area contributed by atoms with Gasteiger partial charge in [0.1, 0.15) is 16.8 Å². The van der Waals surface area contributed by atoms with Crippen LogP contribution in [0.5, 0.6) is 0 Å². The number of aryl methyl sites for hydroxylation is 2. The molecule has 1 aromatic heterocycles. The predicted octanol–water partition coefficient (Wildman–Crippen LogP) is 1.45. The number of hydrogen-bond acceptors (Lipinski definition) is 5. The van der Waals surface area contributed by atoms with Crippen LogP contribution in [0.3, 0.4) is 0 Å². The minimum atomic E-state index is -3.70. The second-order valence-corrected chi connectivity index (χ2v) is 9.33. The summed E-state index contributed by atoms with van der Waals surface area (Å²) in [6, 6.07) is 6.37. The highest BCUT2D eigenvalue weighted by Crippen LogP contribution is 2.31. The molecule has 2 aromatic rings. The quantitative estimate of drug-likeness (QED) is 0.822. The number of imidazole rings is 1. The van der Waals surface area contributed by atoms with Crippen LogP contribution in [0, 0.1) is 0 Å². The lowest BCUT2D eigenvalue weighted by Crippen LogP contribution is -2.45. The van der Waals surface area contributed by atoms with Gasteiger partial charge in [-0.2, -0.15) is 8.42 Å². The first kappa shape index (κ1) is 18.4. The highest BCUT2D eigenvalue weighted by atomic mass is 32.2. The van der Waals surface area contributed by atoms with E-state index in [0.29, 0.717) is 30.9 Å². The number of carbonyl (C=O) groups excluding carboxylic acids is 1. The summed E-state index contributed by atoms with van der Waals surface area (Å²) in [4.78, 5) is 19.6. The molecular formula is C20H23N5O3S. The Kier molecular flexibility index (Phi) is 4.42. The molecule has 0 saturated carbocycles. The summed E-state index contributed by atoms with van der Waals surface area (Å²) in [6.07, 6.45) is 6.82. The number of benzene rings is 1. The molecule has 8 nitrogen and oxygen atoms in total. The monoisotopic (exact) mass is 413 g/mol. The molecule has 9 heteroatoms. The maximum absolute atomic E-state index is 12.9. The largest absolute Gasteiger partial charge is 0.349 e. The Hall–Kier alpha value is -2.68. The van der Waals surface area contributed by atoms with Crippen molar-refractivity contribution in [3.63, 3.8) is 0 Å². The van der Waals surface area contributed by atoms with Crippen LogP contribution in [0.25, 0.3) is 0 Å². The number of nitrogens with zero attached hydrogens (tertiary/aromatic N) is 4. The average molecular weight is 414 g/mol. The molecule has 152 valence electrons. The first-order valence-corrected chi connectivity index (χ1v) is 11.5. The Morgan fingerprint density at radius 3 is 2.90 bits per heavy atom. The topological polar surface area (TPSA) is 96.7 Å². The first-order valence-electron chi connectivity index (χ1n) is 10.1. The van der Waals surface area contributed by atoms with E-state index in [1.807, 2.05) is 11.1 Å². The van der Waals surface area contributed by atoms with Crippen molar-refractivity contribution in [3.05, 3.63) is 47.5 Å². The van der Waals surface area contributed by atoms with Crippen molar-refractivity contribution in [2.45, 2.75) is 56.1 Å². The number of aromatic nitrogens is 2. The zero-order valence-electron chi connectivity index (χ0n) is 16.0. The van der Waals surface area contributed by atoms with Crippen LogP contribution < -0.4 is 5.32 Å². The zero-order valence-corrected chi connectivity index (χ0v) is 16.9. The summed E-state index contributed by atoms with van der Waals surface area (Å²) in [5.74, 6) is 1.36. The molecule has 5 rings (SSSR count). The fraction of sp³-hybridized carbons (Fsp3) is 0.450. The number of carbonyl (C=O) groups is 1. The number of sulfonamides is 1. The van der Waals surface area contributed by atoms with Crippen molar-refractivity contribution < 1.29 is 13.2 Å². The molecule has 1 N–H and O–H groups in total. The molecule has 1 saturated heterocycles. The molecule has 0 bridgehead atoms. The van der Waals surface area contributed by atoms with E-state index in [2.05, 4.69) is 19.3 Å². The third-order valence-corrected chi connectivity index (χ3v) is 7.17. The van der Waals surface area contributed by atoms with Crippen molar-refractivity contribution in [1.82, 2.24) is 19.8 Å². The van der Waals surface area contributed by atoms with E-state index in [-0.39, 0.29) is 10.8 Å². The summed E-state index contributed by atoms with van der Waals surface area (Å²) < 4.78 is 30.9. The molecule has 0 unspecified atom stereocenters. The van der Waals surface area contributed by atoms with Gasteiger partial charge in [0.25, 0.3) is 10.0 Å². The van der Waals surface area contributed by atoms with E-state index >= 15 is 0 Å². The van der Waals surface area contributed by atoms with Crippen LogP contribution in [0.2, 0.25) is 0 Å². The Bertz CT molecular complexity index is 1080. The summed E-state index contributed by atoms with van der Waals surface area (Å²) in [5, 5.41) is 2.99. The SMILES string of the molecule is O=C(NCc1cn2c(n1)CCCC2)[C@@H]1CCCN1C1=NS(=O)(=O)c2ccccc21. The maximum atomic E-state index is 12.9. The van der Waals surface area contributed by atoms with Crippen molar-refractivity contribution in [2.24, 2.45) is 4.40 Å². The van der Waals surface area contributed by atoms with Gasteiger partial charge in [0, 0.05) is 31.3 Å². The van der Waals surface area contributed by atoms with Crippen LogP contribution >= 0.6 is 0 Å². The van der Waals surface area contributed by atoms with Gasteiger partial charge in [0.05, 0.1) is 12.2 Å². The molecule has 1 amide bonds. The molecule has 0 aliphatic carbocycles. The molecule has 29 heavy (non-hydrogen) atoms. The number of amidine groups is 1. The van der Waals surface area contributed by atoms with Crippen LogP contribution in [-0.4, -0.2) is 47.2 Å². The van der Waals surface area contributed by atoms with E-state index in [0.717, 1.165) is 37.3 Å². The third-order valence-electron chi connectivity index (χ3n) is 5.84. The van der Waals surface area contributed by atoms with Gasteiger partial charge in [0.2, 0.25) is 5.91 Å². The van der Waals surface area contributed by atoms with Crippen molar-refractivity contribution >= 4 is 21.8 Å². The number of likely N-dealkylation sites (tertiary alicyclic amines) is 1. The fourth-order valence-electron chi connectivity index (χ4n) is 4.44. The standard InChI is InChI=1S/C20H23N5O3S/c26-20(21-12-14-13-24-10-4-3-9-18(24)22-14)16-7-5-11-25(16)19-15-6-1-2-8-17(15)29(27,28)23-19/h1-2,6,8,13,16H,3-5,7,9-12H2,(H,21,26)/t16-/m0/s1. The molecule has 3 aliphatic rings. The number of amides is 1. The normalized spacial score (nSPS) is 22.1. The summed E-state index contributed by atoms with van der Waals surface area (Å²) in [6.45, 7) is 1.98. The molecule has 1 aromatic carbocycles. The van der Waals surface area contributed by atoms with Crippen LogP contribution in [0.15, 0.2) is 39.8 Å². The van der Waals surface area contributed by atoms with Gasteiger partial charge < -0.3 is 14.8 Å². The Labute approximate surface area is 169 Å². The highest BCUT2D eigenvalue weighted by Gasteiger charge is 2.39. The van der Waals surface area contributed by atoms with E-state index < -0.39 is 16.1 Å². The molecule has 0 radical (unpaired) electrons. The van der Waals surface area contributed by atoms with E-state index in [1.165, 1.54) is 6.42 Å². The van der Waals surface area contributed by atoms with Crippen molar-refractivity contribution in [3.8, 4) is 0 Å². The van der Waals surface area contributed by atoms with Crippen LogP contribution in [0.1, 0.15) is 42.8 Å². The van der Waals surface area contributed by atoms with Crippen molar-refractivity contribution in [2.75, 3.05) is 6.54 Å². The maximum Gasteiger partial charge on any atom is 0.285 e. The summed E-state index contributed by atoms with van der Waals surface area (Å²) in [7, 11) is -3.70. The van der Waals surface area contributed by atoms with Crippen LogP contribution in [0.4, 0.5) is 0 Å². The second-order valence-electron chi connectivity index (χ2n) is 7.75. The van der Waals surface area contributed by atoms with Gasteiger partial charge >= 0.3 is 0 Å². The van der Waals surface area contributed by atoms with Gasteiger partial charge in [-0.15, -0.1) is 4.40 Å². The van der Waals surface area contributed by atoms with Gasteiger partial charge in [-0.05, 0) is 37.8 Å². The number of fused-ring (bicyclic) bond motifs is 2. The lowest BCUT2D eigenvalue weighted by atomic mass is 10.1. The predicted molar refractivity (Wildman–Crippen MR) is 107 cm³/mol. The Balaban J connectivity index is 1.32. The molecule has 0 spiro atoms.